The van der Waals surface area contributed by atoms with Gasteiger partial charge in [0.05, 0.1) is 12.0 Å². The van der Waals surface area contributed by atoms with Crippen LogP contribution in [0.25, 0.3) is 0 Å². The molecule has 2 aromatic rings. The van der Waals surface area contributed by atoms with Crippen molar-refractivity contribution >= 4 is 23.2 Å². The summed E-state index contributed by atoms with van der Waals surface area (Å²) < 4.78 is 5.67. The minimum atomic E-state index is -0.271. The van der Waals surface area contributed by atoms with E-state index >= 15 is 0 Å². The number of ether oxygens (including phenoxy) is 1. The smallest absolute Gasteiger partial charge is 0.228 e. The number of amides is 2. The Hall–Kier alpha value is -3.02. The van der Waals surface area contributed by atoms with Crippen molar-refractivity contribution < 1.29 is 14.3 Å². The van der Waals surface area contributed by atoms with E-state index in [0.717, 1.165) is 24.5 Å². The second-order valence-corrected chi connectivity index (χ2v) is 8.21. The molecule has 0 spiro atoms. The van der Waals surface area contributed by atoms with Gasteiger partial charge in [-0.3, -0.25) is 9.59 Å². The van der Waals surface area contributed by atoms with E-state index in [0.29, 0.717) is 19.6 Å². The van der Waals surface area contributed by atoms with Gasteiger partial charge >= 0.3 is 0 Å². The summed E-state index contributed by atoms with van der Waals surface area (Å²) in [4.78, 5) is 31.6. The van der Waals surface area contributed by atoms with Gasteiger partial charge in [-0.05, 0) is 50.2 Å². The zero-order valence-electron chi connectivity index (χ0n) is 17.7. The minimum absolute atomic E-state index is 0.00815. The van der Waals surface area contributed by atoms with Crippen LogP contribution < -0.4 is 14.5 Å². The van der Waals surface area contributed by atoms with Crippen molar-refractivity contribution in [2.24, 2.45) is 5.92 Å². The van der Waals surface area contributed by atoms with E-state index in [9.17, 15) is 9.59 Å². The summed E-state index contributed by atoms with van der Waals surface area (Å²) in [6, 6.07) is 17.8. The average Bonchev–Trinajstić information content (AvgIpc) is 3.16. The number of benzene rings is 2. The second kappa shape index (κ2) is 8.78. The van der Waals surface area contributed by atoms with Crippen LogP contribution >= 0.6 is 0 Å². The van der Waals surface area contributed by atoms with Crippen LogP contribution in [0.15, 0.2) is 54.6 Å². The van der Waals surface area contributed by atoms with Crippen molar-refractivity contribution in [3.8, 4) is 5.75 Å². The molecule has 4 rings (SSSR count). The van der Waals surface area contributed by atoms with Crippen LogP contribution in [0, 0.1) is 5.92 Å². The number of anilines is 2. The highest BCUT2D eigenvalue weighted by Crippen LogP contribution is 2.28. The lowest BCUT2D eigenvalue weighted by Crippen LogP contribution is -2.50. The van der Waals surface area contributed by atoms with Crippen molar-refractivity contribution in [2.45, 2.75) is 26.4 Å². The average molecular weight is 408 g/mol. The van der Waals surface area contributed by atoms with Gasteiger partial charge in [0.2, 0.25) is 11.8 Å². The standard InChI is InChI=1S/C24H29N3O3/c1-18(2)30-22-10-8-21(9-11-22)27-17-19(16-23(27)28)24(29)26-14-12-25(13-15-26)20-6-4-3-5-7-20/h3-11,18-19H,12-17H2,1-2H3/t19-/m1/s1. The van der Waals surface area contributed by atoms with Crippen molar-refractivity contribution in [2.75, 3.05) is 42.5 Å². The third-order valence-corrected chi connectivity index (χ3v) is 5.71. The van der Waals surface area contributed by atoms with Gasteiger partial charge in [-0.15, -0.1) is 0 Å². The fourth-order valence-electron chi connectivity index (χ4n) is 4.18. The highest BCUT2D eigenvalue weighted by atomic mass is 16.5. The van der Waals surface area contributed by atoms with Crippen molar-refractivity contribution in [1.29, 1.82) is 0 Å². The Kier molecular flexibility index (Phi) is 5.93. The predicted octanol–water partition coefficient (Wildman–Crippen LogP) is 3.18. The Morgan fingerprint density at radius 2 is 1.60 bits per heavy atom. The molecular weight excluding hydrogens is 378 g/mol. The fraction of sp³-hybridized carbons (Fsp3) is 0.417. The van der Waals surface area contributed by atoms with E-state index in [-0.39, 0.29) is 30.3 Å². The van der Waals surface area contributed by atoms with Gasteiger partial charge in [0, 0.05) is 50.5 Å². The van der Waals surface area contributed by atoms with E-state index in [2.05, 4.69) is 17.0 Å². The molecule has 2 aliphatic rings. The highest BCUT2D eigenvalue weighted by molar-refractivity contribution is 6.00. The van der Waals surface area contributed by atoms with E-state index in [1.54, 1.807) is 4.90 Å². The first-order valence-corrected chi connectivity index (χ1v) is 10.7. The van der Waals surface area contributed by atoms with Gasteiger partial charge in [-0.1, -0.05) is 18.2 Å². The molecule has 1 atom stereocenters. The molecular formula is C24H29N3O3. The molecule has 30 heavy (non-hydrogen) atoms. The lowest BCUT2D eigenvalue weighted by atomic mass is 10.1. The Bertz CT molecular complexity index is 874. The topological polar surface area (TPSA) is 53.1 Å². The van der Waals surface area contributed by atoms with E-state index in [1.165, 1.54) is 5.69 Å². The van der Waals surface area contributed by atoms with E-state index in [4.69, 9.17) is 4.74 Å². The van der Waals surface area contributed by atoms with Crippen molar-refractivity contribution in [3.05, 3.63) is 54.6 Å². The molecule has 6 heteroatoms. The number of hydrogen-bond acceptors (Lipinski definition) is 4. The molecule has 2 heterocycles. The van der Waals surface area contributed by atoms with Gasteiger partial charge in [0.15, 0.2) is 0 Å². The molecule has 2 saturated heterocycles. The van der Waals surface area contributed by atoms with Crippen LogP contribution in [-0.4, -0.2) is 55.5 Å². The quantitative estimate of drug-likeness (QED) is 0.764. The maximum Gasteiger partial charge on any atom is 0.228 e. The molecule has 0 aliphatic carbocycles. The summed E-state index contributed by atoms with van der Waals surface area (Å²) in [5.74, 6) is 0.615. The summed E-state index contributed by atoms with van der Waals surface area (Å²) in [7, 11) is 0. The minimum Gasteiger partial charge on any atom is -0.491 e. The molecule has 2 aromatic carbocycles. The van der Waals surface area contributed by atoms with Crippen LogP contribution in [-0.2, 0) is 9.59 Å². The van der Waals surface area contributed by atoms with Crippen LogP contribution in [0.2, 0.25) is 0 Å². The van der Waals surface area contributed by atoms with E-state index in [1.807, 2.05) is 61.2 Å². The molecule has 2 aliphatic heterocycles. The summed E-state index contributed by atoms with van der Waals surface area (Å²) >= 11 is 0. The van der Waals surface area contributed by atoms with Crippen molar-refractivity contribution in [3.63, 3.8) is 0 Å². The number of rotatable bonds is 5. The summed E-state index contributed by atoms with van der Waals surface area (Å²) in [5, 5.41) is 0. The Morgan fingerprint density at radius 3 is 2.23 bits per heavy atom. The highest BCUT2D eigenvalue weighted by Gasteiger charge is 2.38. The number of nitrogens with zero attached hydrogens (tertiary/aromatic N) is 3. The van der Waals surface area contributed by atoms with Gasteiger partial charge in [0.25, 0.3) is 0 Å². The molecule has 158 valence electrons. The lowest BCUT2D eigenvalue weighted by Gasteiger charge is -2.37. The van der Waals surface area contributed by atoms with Crippen molar-refractivity contribution in [1.82, 2.24) is 4.90 Å². The first-order chi connectivity index (χ1) is 14.5. The molecule has 0 aromatic heterocycles. The SMILES string of the molecule is CC(C)Oc1ccc(N2C[C@H](C(=O)N3CCN(c4ccccc4)CC3)CC2=O)cc1. The lowest BCUT2D eigenvalue weighted by molar-refractivity contribution is -0.136. The summed E-state index contributed by atoms with van der Waals surface area (Å²) in [5.41, 5.74) is 2.01. The predicted molar refractivity (Wildman–Crippen MR) is 118 cm³/mol. The molecule has 2 amide bonds. The van der Waals surface area contributed by atoms with E-state index < -0.39 is 0 Å². The summed E-state index contributed by atoms with van der Waals surface area (Å²) in [6.45, 7) is 7.43. The van der Waals surface area contributed by atoms with Crippen LogP contribution in [0.3, 0.4) is 0 Å². The fourth-order valence-corrected chi connectivity index (χ4v) is 4.18. The third-order valence-electron chi connectivity index (χ3n) is 5.71. The van der Waals surface area contributed by atoms with Gasteiger partial charge in [-0.2, -0.15) is 0 Å². The van der Waals surface area contributed by atoms with Crippen LogP contribution in [0.5, 0.6) is 5.75 Å². The molecule has 6 nitrogen and oxygen atoms in total. The third kappa shape index (κ3) is 4.42. The molecule has 0 N–H and O–H groups in total. The molecule has 0 saturated carbocycles. The largest absolute Gasteiger partial charge is 0.491 e. The van der Waals surface area contributed by atoms with Crippen LogP contribution in [0.4, 0.5) is 11.4 Å². The monoisotopic (exact) mass is 407 g/mol. The molecule has 2 fully saturated rings. The van der Waals surface area contributed by atoms with Crippen LogP contribution in [0.1, 0.15) is 20.3 Å². The Morgan fingerprint density at radius 1 is 0.933 bits per heavy atom. The molecule has 0 bridgehead atoms. The zero-order chi connectivity index (χ0) is 21.1. The Balaban J connectivity index is 1.34. The van der Waals surface area contributed by atoms with Gasteiger partial charge < -0.3 is 19.4 Å². The molecule has 0 unspecified atom stereocenters. The Labute approximate surface area is 178 Å². The second-order valence-electron chi connectivity index (χ2n) is 8.21. The summed E-state index contributed by atoms with van der Waals surface area (Å²) in [6.07, 6.45) is 0.385. The number of hydrogen-bond donors (Lipinski definition) is 0. The zero-order valence-corrected chi connectivity index (χ0v) is 17.7. The maximum absolute atomic E-state index is 13.0. The molecule has 0 radical (unpaired) electrons. The number of carbonyl (C=O) groups excluding carboxylic acids is 2. The number of carbonyl (C=O) groups is 2. The number of piperazine rings is 1. The number of para-hydroxylation sites is 1. The normalized spacial score (nSPS) is 19.5. The van der Waals surface area contributed by atoms with Gasteiger partial charge in [-0.25, -0.2) is 0 Å². The first-order valence-electron chi connectivity index (χ1n) is 10.7. The maximum atomic E-state index is 13.0. The first kappa shape index (κ1) is 20.3. The van der Waals surface area contributed by atoms with Gasteiger partial charge in [0.1, 0.15) is 5.75 Å².